The normalized spacial score (nSPS) is 11.3. The third-order valence-corrected chi connectivity index (χ3v) is 4.25. The number of amides is 2. The number of carbonyl (C=O) groups excluding carboxylic acids is 3. The van der Waals surface area contributed by atoms with Crippen molar-refractivity contribution in [3.63, 3.8) is 0 Å². The number of alkyl halides is 3. The monoisotopic (exact) mass is 454 g/mol. The van der Waals surface area contributed by atoms with E-state index in [9.17, 15) is 27.6 Å². The van der Waals surface area contributed by atoms with Gasteiger partial charge in [0.25, 0.3) is 5.91 Å². The predicted octanol–water partition coefficient (Wildman–Crippen LogP) is 4.01. The van der Waals surface area contributed by atoms with E-state index in [2.05, 4.69) is 5.32 Å². The minimum atomic E-state index is -4.50. The zero-order valence-electron chi connectivity index (χ0n) is 16.3. The number of benzene rings is 2. The Balaban J connectivity index is 1.82. The molecule has 10 heteroatoms. The molecule has 2 aromatic carbocycles. The lowest BCUT2D eigenvalue weighted by Crippen LogP contribution is -2.37. The van der Waals surface area contributed by atoms with Crippen molar-refractivity contribution >= 4 is 41.1 Å². The van der Waals surface area contributed by atoms with Crippen molar-refractivity contribution in [2.24, 2.45) is 0 Å². The third kappa shape index (κ3) is 7.78. The van der Waals surface area contributed by atoms with Crippen molar-refractivity contribution in [3.8, 4) is 0 Å². The van der Waals surface area contributed by atoms with Crippen LogP contribution in [-0.4, -0.2) is 42.9 Å². The first-order valence-corrected chi connectivity index (χ1v) is 9.24. The Hall–Kier alpha value is -3.33. The van der Waals surface area contributed by atoms with E-state index < -0.39 is 36.1 Å². The van der Waals surface area contributed by atoms with E-state index in [4.69, 9.17) is 16.3 Å². The molecule has 0 spiro atoms. The van der Waals surface area contributed by atoms with Gasteiger partial charge < -0.3 is 15.0 Å². The summed E-state index contributed by atoms with van der Waals surface area (Å²) < 4.78 is 42.8. The van der Waals surface area contributed by atoms with Crippen LogP contribution >= 0.6 is 11.6 Å². The van der Waals surface area contributed by atoms with Gasteiger partial charge in [-0.2, -0.15) is 13.2 Å². The van der Waals surface area contributed by atoms with Crippen LogP contribution < -0.4 is 5.32 Å². The summed E-state index contributed by atoms with van der Waals surface area (Å²) in [6.07, 6.45) is -2.45. The minimum absolute atomic E-state index is 0.145. The Morgan fingerprint density at radius 1 is 1.13 bits per heavy atom. The molecule has 0 fully saturated rings. The average molecular weight is 455 g/mol. The molecule has 0 aliphatic carbocycles. The van der Waals surface area contributed by atoms with Crippen molar-refractivity contribution in [3.05, 3.63) is 70.8 Å². The summed E-state index contributed by atoms with van der Waals surface area (Å²) >= 11 is 5.94. The quantitative estimate of drug-likeness (QED) is 0.506. The van der Waals surface area contributed by atoms with Gasteiger partial charge in [0.2, 0.25) is 5.91 Å². The smallest absolute Gasteiger partial charge is 0.416 e. The molecule has 0 unspecified atom stereocenters. The van der Waals surface area contributed by atoms with Gasteiger partial charge in [-0.1, -0.05) is 35.9 Å². The molecule has 2 rings (SSSR count). The average Bonchev–Trinajstić information content (AvgIpc) is 2.71. The number of hydrogen-bond donors (Lipinski definition) is 1. The molecule has 0 radical (unpaired) electrons. The van der Waals surface area contributed by atoms with Gasteiger partial charge in [0.1, 0.15) is 0 Å². The van der Waals surface area contributed by atoms with Gasteiger partial charge in [-0.3, -0.25) is 9.59 Å². The SMILES string of the molecule is CN(CC(=O)Nc1ccccc1Cl)C(=O)COC(=O)C=Cc1cccc(C(F)(F)F)c1. The number of esters is 1. The number of ether oxygens (including phenoxy) is 1. The molecule has 0 bridgehead atoms. The minimum Gasteiger partial charge on any atom is -0.452 e. The standard InChI is InChI=1S/C21H18ClF3N2O4/c1-27(12-18(28)26-17-8-3-2-7-16(17)22)19(29)13-31-20(30)10-9-14-5-4-6-15(11-14)21(23,24)25/h2-11H,12-13H2,1H3,(H,26,28). The Kier molecular flexibility index (Phi) is 8.21. The summed E-state index contributed by atoms with van der Waals surface area (Å²) in [5.41, 5.74) is -0.317. The second-order valence-electron chi connectivity index (χ2n) is 6.34. The molecule has 6 nitrogen and oxygen atoms in total. The van der Waals surface area contributed by atoms with Crippen LogP contribution in [0.1, 0.15) is 11.1 Å². The second kappa shape index (κ2) is 10.6. The van der Waals surface area contributed by atoms with Crippen LogP contribution in [0.25, 0.3) is 6.08 Å². The van der Waals surface area contributed by atoms with E-state index in [1.807, 2.05) is 0 Å². The summed E-state index contributed by atoms with van der Waals surface area (Å²) in [6, 6.07) is 11.0. The third-order valence-electron chi connectivity index (χ3n) is 3.92. The van der Waals surface area contributed by atoms with Crippen molar-refractivity contribution in [2.75, 3.05) is 25.5 Å². The number of likely N-dealkylation sites (N-methyl/N-ethyl adjacent to an activating group) is 1. The van der Waals surface area contributed by atoms with E-state index in [-0.39, 0.29) is 12.1 Å². The molecular weight excluding hydrogens is 437 g/mol. The fourth-order valence-electron chi connectivity index (χ4n) is 2.33. The van der Waals surface area contributed by atoms with Crippen LogP contribution in [0.3, 0.4) is 0 Å². The molecule has 31 heavy (non-hydrogen) atoms. The van der Waals surface area contributed by atoms with Gasteiger partial charge in [0, 0.05) is 13.1 Å². The molecule has 164 valence electrons. The Bertz CT molecular complexity index is 993. The Morgan fingerprint density at radius 3 is 2.52 bits per heavy atom. The summed E-state index contributed by atoms with van der Waals surface area (Å²) in [4.78, 5) is 36.8. The van der Waals surface area contributed by atoms with Gasteiger partial charge in [-0.05, 0) is 35.9 Å². The van der Waals surface area contributed by atoms with Gasteiger partial charge >= 0.3 is 12.1 Å². The number of para-hydroxylation sites is 1. The Labute approximate surface area is 181 Å². The first-order chi connectivity index (χ1) is 14.6. The maximum Gasteiger partial charge on any atom is 0.416 e. The molecule has 0 saturated heterocycles. The van der Waals surface area contributed by atoms with Crippen LogP contribution in [0.15, 0.2) is 54.6 Å². The molecule has 2 amide bonds. The highest BCUT2D eigenvalue weighted by Gasteiger charge is 2.30. The number of nitrogens with zero attached hydrogens (tertiary/aromatic N) is 1. The highest BCUT2D eigenvalue weighted by molar-refractivity contribution is 6.33. The first kappa shape index (κ1) is 23.9. The number of carbonyl (C=O) groups is 3. The molecule has 1 N–H and O–H groups in total. The molecule has 0 atom stereocenters. The molecule has 0 aliphatic rings. The summed E-state index contributed by atoms with van der Waals surface area (Å²) in [5, 5.41) is 2.89. The largest absolute Gasteiger partial charge is 0.452 e. The maximum absolute atomic E-state index is 12.7. The zero-order valence-corrected chi connectivity index (χ0v) is 17.0. The van der Waals surface area contributed by atoms with Crippen LogP contribution in [-0.2, 0) is 25.3 Å². The van der Waals surface area contributed by atoms with Crippen molar-refractivity contribution in [1.82, 2.24) is 4.90 Å². The van der Waals surface area contributed by atoms with E-state index in [0.29, 0.717) is 10.7 Å². The van der Waals surface area contributed by atoms with E-state index >= 15 is 0 Å². The second-order valence-corrected chi connectivity index (χ2v) is 6.75. The molecule has 0 aromatic heterocycles. The molecule has 0 heterocycles. The topological polar surface area (TPSA) is 75.7 Å². The van der Waals surface area contributed by atoms with Gasteiger partial charge in [-0.25, -0.2) is 4.79 Å². The number of anilines is 1. The van der Waals surface area contributed by atoms with Crippen LogP contribution in [0.5, 0.6) is 0 Å². The number of halogens is 4. The van der Waals surface area contributed by atoms with E-state index in [0.717, 1.165) is 29.2 Å². The highest BCUT2D eigenvalue weighted by atomic mass is 35.5. The van der Waals surface area contributed by atoms with Crippen molar-refractivity contribution in [1.29, 1.82) is 0 Å². The fourth-order valence-corrected chi connectivity index (χ4v) is 2.51. The summed E-state index contributed by atoms with van der Waals surface area (Å²) in [6.45, 7) is -0.941. The number of rotatable bonds is 7. The van der Waals surface area contributed by atoms with Crippen LogP contribution in [0.4, 0.5) is 18.9 Å². The maximum atomic E-state index is 12.7. The van der Waals surface area contributed by atoms with Gasteiger partial charge in [-0.15, -0.1) is 0 Å². The lowest BCUT2D eigenvalue weighted by molar-refractivity contribution is -0.148. The molecule has 2 aromatic rings. The van der Waals surface area contributed by atoms with E-state index in [1.165, 1.54) is 19.2 Å². The molecule has 0 aliphatic heterocycles. The van der Waals surface area contributed by atoms with Crippen molar-refractivity contribution < 1.29 is 32.3 Å². The lowest BCUT2D eigenvalue weighted by Gasteiger charge is -2.16. The summed E-state index contributed by atoms with van der Waals surface area (Å²) in [5.74, 6) is -2.06. The highest BCUT2D eigenvalue weighted by Crippen LogP contribution is 2.29. The molecule has 0 saturated carbocycles. The van der Waals surface area contributed by atoms with E-state index in [1.54, 1.807) is 24.3 Å². The predicted molar refractivity (Wildman–Crippen MR) is 109 cm³/mol. The fraction of sp³-hybridized carbons (Fsp3) is 0.190. The van der Waals surface area contributed by atoms with Crippen molar-refractivity contribution in [2.45, 2.75) is 6.18 Å². The van der Waals surface area contributed by atoms with Crippen LogP contribution in [0, 0.1) is 0 Å². The van der Waals surface area contributed by atoms with Gasteiger partial charge in [0.05, 0.1) is 22.8 Å². The zero-order chi connectivity index (χ0) is 23.0. The van der Waals surface area contributed by atoms with Crippen LogP contribution in [0.2, 0.25) is 5.02 Å². The summed E-state index contributed by atoms with van der Waals surface area (Å²) in [7, 11) is 1.35. The first-order valence-electron chi connectivity index (χ1n) is 8.86. The number of hydrogen-bond acceptors (Lipinski definition) is 4. The lowest BCUT2D eigenvalue weighted by atomic mass is 10.1. The number of nitrogens with one attached hydrogen (secondary N) is 1. The molecular formula is C21H18ClF3N2O4. The Morgan fingerprint density at radius 2 is 1.84 bits per heavy atom. The van der Waals surface area contributed by atoms with Gasteiger partial charge in [0.15, 0.2) is 6.61 Å².